The molecule has 0 aliphatic rings. The molecule has 0 aliphatic heterocycles. The normalized spacial score (nSPS) is 12.9. The van der Waals surface area contributed by atoms with E-state index in [9.17, 15) is 9.50 Å². The maximum Gasteiger partial charge on any atom is 0.165 e. The van der Waals surface area contributed by atoms with Crippen molar-refractivity contribution < 1.29 is 9.50 Å². The van der Waals surface area contributed by atoms with Crippen molar-refractivity contribution in [1.29, 1.82) is 0 Å². The van der Waals surface area contributed by atoms with Crippen LogP contribution in [0.2, 0.25) is 0 Å². The van der Waals surface area contributed by atoms with E-state index in [2.05, 4.69) is 15.0 Å². The highest BCUT2D eigenvalue weighted by atomic mass is 19.1. The molecule has 0 fully saturated rings. The van der Waals surface area contributed by atoms with Gasteiger partial charge in [0.1, 0.15) is 17.5 Å². The Morgan fingerprint density at radius 3 is 2.68 bits per heavy atom. The summed E-state index contributed by atoms with van der Waals surface area (Å²) >= 11 is 0. The molecular formula is C18H22FN5O. The Morgan fingerprint density at radius 1 is 1.24 bits per heavy atom. The zero-order valence-corrected chi connectivity index (χ0v) is 14.6. The Morgan fingerprint density at radius 2 is 2.00 bits per heavy atom. The maximum absolute atomic E-state index is 13.5. The number of anilines is 1. The van der Waals surface area contributed by atoms with E-state index in [0.717, 1.165) is 0 Å². The molecule has 0 radical (unpaired) electrons. The van der Waals surface area contributed by atoms with Crippen LogP contribution in [0.3, 0.4) is 0 Å². The predicted molar refractivity (Wildman–Crippen MR) is 95.3 cm³/mol. The van der Waals surface area contributed by atoms with E-state index in [1.165, 1.54) is 12.1 Å². The van der Waals surface area contributed by atoms with Crippen molar-refractivity contribution in [3.8, 4) is 11.4 Å². The van der Waals surface area contributed by atoms with Gasteiger partial charge in [-0.05, 0) is 24.5 Å². The number of halogens is 1. The molecule has 0 aliphatic carbocycles. The first-order valence-corrected chi connectivity index (χ1v) is 8.29. The number of nitrogens with zero attached hydrogens (tertiary/aromatic N) is 4. The van der Waals surface area contributed by atoms with Crippen molar-refractivity contribution in [1.82, 2.24) is 19.5 Å². The van der Waals surface area contributed by atoms with E-state index in [1.807, 2.05) is 20.9 Å². The number of aliphatic hydroxyl groups is 1. The van der Waals surface area contributed by atoms with Crippen molar-refractivity contribution in [2.75, 3.05) is 5.73 Å². The van der Waals surface area contributed by atoms with Crippen LogP contribution in [0, 0.1) is 11.7 Å². The molecule has 6 nitrogen and oxygen atoms in total. The van der Waals surface area contributed by atoms with E-state index in [1.54, 1.807) is 16.7 Å². The van der Waals surface area contributed by atoms with Gasteiger partial charge in [0.15, 0.2) is 17.0 Å². The molecule has 0 spiro atoms. The van der Waals surface area contributed by atoms with Gasteiger partial charge in [0.05, 0.1) is 6.10 Å². The number of hydrogen-bond acceptors (Lipinski definition) is 5. The molecule has 2 aromatic heterocycles. The zero-order chi connectivity index (χ0) is 18.1. The summed E-state index contributed by atoms with van der Waals surface area (Å²) in [6.45, 7) is 3.94. The number of rotatable bonds is 5. The number of nitrogen functional groups attached to an aromatic ring is 1. The number of benzene rings is 1. The summed E-state index contributed by atoms with van der Waals surface area (Å²) in [5.41, 5.74) is 7.79. The molecule has 1 aromatic carbocycles. The summed E-state index contributed by atoms with van der Waals surface area (Å²) in [7, 11) is 1.81. The lowest BCUT2D eigenvalue weighted by Crippen LogP contribution is -2.16. The third-order valence-corrected chi connectivity index (χ3v) is 4.31. The molecule has 0 bridgehead atoms. The molecule has 0 amide bonds. The van der Waals surface area contributed by atoms with Crippen molar-refractivity contribution in [2.45, 2.75) is 32.8 Å². The van der Waals surface area contributed by atoms with Crippen molar-refractivity contribution in [3.05, 3.63) is 35.9 Å². The fourth-order valence-electron chi connectivity index (χ4n) is 2.74. The number of fused-ring (bicyclic) bond motifs is 1. The quantitative estimate of drug-likeness (QED) is 0.743. The molecule has 1 atom stereocenters. The van der Waals surface area contributed by atoms with Gasteiger partial charge in [0.25, 0.3) is 0 Å². The third kappa shape index (κ3) is 3.46. The first-order chi connectivity index (χ1) is 11.9. The minimum Gasteiger partial charge on any atom is -0.393 e. The van der Waals surface area contributed by atoms with E-state index < -0.39 is 6.10 Å². The lowest BCUT2D eigenvalue weighted by molar-refractivity contribution is 0.116. The predicted octanol–water partition coefficient (Wildman–Crippen LogP) is 2.70. The lowest BCUT2D eigenvalue weighted by Gasteiger charge is -2.13. The third-order valence-electron chi connectivity index (χ3n) is 4.31. The second-order valence-corrected chi connectivity index (χ2v) is 6.55. The lowest BCUT2D eigenvalue weighted by atomic mass is 10.0. The number of aliphatic hydroxyl groups excluding tert-OH is 1. The molecule has 2 heterocycles. The highest BCUT2D eigenvalue weighted by Crippen LogP contribution is 2.26. The van der Waals surface area contributed by atoms with Crippen LogP contribution in [-0.4, -0.2) is 30.7 Å². The smallest absolute Gasteiger partial charge is 0.165 e. The number of imidazole rings is 1. The largest absolute Gasteiger partial charge is 0.393 e. The van der Waals surface area contributed by atoms with Crippen LogP contribution in [-0.2, 0) is 13.5 Å². The van der Waals surface area contributed by atoms with Gasteiger partial charge in [-0.2, -0.15) is 0 Å². The van der Waals surface area contributed by atoms with Gasteiger partial charge < -0.3 is 15.4 Å². The molecule has 7 heteroatoms. The second-order valence-electron chi connectivity index (χ2n) is 6.55. The molecule has 3 rings (SSSR count). The van der Waals surface area contributed by atoms with E-state index in [4.69, 9.17) is 5.73 Å². The molecule has 1 unspecified atom stereocenters. The van der Waals surface area contributed by atoms with Crippen LogP contribution in [0.15, 0.2) is 24.3 Å². The number of hydrogen-bond donors (Lipinski definition) is 2. The Balaban J connectivity index is 1.99. The molecule has 3 aromatic rings. The van der Waals surface area contributed by atoms with Crippen LogP contribution in [0.5, 0.6) is 0 Å². The minimum absolute atomic E-state index is 0.178. The second kappa shape index (κ2) is 6.76. The molecule has 0 saturated heterocycles. The van der Waals surface area contributed by atoms with E-state index >= 15 is 0 Å². The highest BCUT2D eigenvalue weighted by Gasteiger charge is 2.17. The fourth-order valence-corrected chi connectivity index (χ4v) is 2.74. The molecule has 25 heavy (non-hydrogen) atoms. The molecule has 3 N–H and O–H groups in total. The fraction of sp³-hybridized carbons (Fsp3) is 0.389. The topological polar surface area (TPSA) is 89.9 Å². The summed E-state index contributed by atoms with van der Waals surface area (Å²) in [6, 6.07) is 6.23. The number of aromatic nitrogens is 4. The zero-order valence-electron chi connectivity index (χ0n) is 14.6. The van der Waals surface area contributed by atoms with Crippen molar-refractivity contribution >= 4 is 17.0 Å². The number of aryl methyl sites for hydroxylation is 2. The van der Waals surface area contributed by atoms with Gasteiger partial charge in [-0.15, -0.1) is 0 Å². The van der Waals surface area contributed by atoms with E-state index in [-0.39, 0.29) is 17.6 Å². The summed E-state index contributed by atoms with van der Waals surface area (Å²) in [5, 5.41) is 9.96. The first kappa shape index (κ1) is 17.3. The average molecular weight is 343 g/mol. The standard InChI is InChI=1S/C18H22FN5O/c1-10(2)13(25)7-8-14-21-16(20)15-18(22-14)24(3)17(23-15)11-5-4-6-12(19)9-11/h4-6,9-10,13,25H,7-8H2,1-3H3,(H2,20,21,22). The highest BCUT2D eigenvalue weighted by molar-refractivity contribution is 5.85. The average Bonchev–Trinajstić information content (AvgIpc) is 2.90. The van der Waals surface area contributed by atoms with Gasteiger partial charge in [-0.25, -0.2) is 19.3 Å². The monoisotopic (exact) mass is 343 g/mol. The summed E-state index contributed by atoms with van der Waals surface area (Å²) < 4.78 is 15.3. The van der Waals surface area contributed by atoms with Crippen LogP contribution >= 0.6 is 0 Å². The Kier molecular flexibility index (Phi) is 4.67. The Bertz CT molecular complexity index is 906. The van der Waals surface area contributed by atoms with Gasteiger partial charge in [0, 0.05) is 19.0 Å². The summed E-state index contributed by atoms with van der Waals surface area (Å²) in [5.74, 6) is 1.29. The molecule has 0 saturated carbocycles. The van der Waals surface area contributed by atoms with Gasteiger partial charge in [-0.1, -0.05) is 26.0 Å². The van der Waals surface area contributed by atoms with Crippen molar-refractivity contribution in [2.24, 2.45) is 13.0 Å². The minimum atomic E-state index is -0.407. The van der Waals surface area contributed by atoms with Crippen LogP contribution in [0.1, 0.15) is 26.1 Å². The Hall–Kier alpha value is -2.54. The Labute approximate surface area is 145 Å². The molecular weight excluding hydrogens is 321 g/mol. The summed E-state index contributed by atoms with van der Waals surface area (Å²) in [4.78, 5) is 13.3. The van der Waals surface area contributed by atoms with Gasteiger partial charge in [0.2, 0.25) is 0 Å². The van der Waals surface area contributed by atoms with E-state index in [0.29, 0.717) is 41.2 Å². The first-order valence-electron chi connectivity index (χ1n) is 8.29. The van der Waals surface area contributed by atoms with Crippen molar-refractivity contribution in [3.63, 3.8) is 0 Å². The molecule has 132 valence electrons. The van der Waals surface area contributed by atoms with Crippen LogP contribution < -0.4 is 5.73 Å². The van der Waals surface area contributed by atoms with Gasteiger partial charge in [-0.3, -0.25) is 0 Å². The summed E-state index contributed by atoms with van der Waals surface area (Å²) in [6.07, 6.45) is 0.687. The maximum atomic E-state index is 13.5. The number of nitrogens with two attached hydrogens (primary N) is 1. The van der Waals surface area contributed by atoms with Gasteiger partial charge >= 0.3 is 0 Å². The SMILES string of the molecule is CC(C)C(O)CCc1nc(N)c2nc(-c3cccc(F)c3)n(C)c2n1. The van der Waals surface area contributed by atoms with Crippen LogP contribution in [0.25, 0.3) is 22.6 Å². The van der Waals surface area contributed by atoms with Crippen LogP contribution in [0.4, 0.5) is 10.2 Å².